The first-order valence-electron chi connectivity index (χ1n) is 8.67. The van der Waals surface area contributed by atoms with Gasteiger partial charge in [-0.05, 0) is 55.3 Å². The van der Waals surface area contributed by atoms with Gasteiger partial charge >= 0.3 is 0 Å². The SMILES string of the molecule is O=C(c1ccc2nc[nH]c2c1)N1CCC(S(=O)(=O)c2ccc(F)cc2)CC1. The lowest BCUT2D eigenvalue weighted by Gasteiger charge is -2.31. The van der Waals surface area contributed by atoms with Crippen molar-refractivity contribution in [1.29, 1.82) is 0 Å². The predicted octanol–water partition coefficient (Wildman–Crippen LogP) is 2.78. The van der Waals surface area contributed by atoms with Crippen LogP contribution in [0, 0.1) is 5.82 Å². The van der Waals surface area contributed by atoms with E-state index in [0.717, 1.165) is 23.2 Å². The second-order valence-electron chi connectivity index (χ2n) is 6.62. The van der Waals surface area contributed by atoms with Crippen LogP contribution in [-0.2, 0) is 9.84 Å². The van der Waals surface area contributed by atoms with Gasteiger partial charge in [-0.1, -0.05) is 0 Å². The first-order valence-corrected chi connectivity index (χ1v) is 10.2. The Labute approximate surface area is 155 Å². The Morgan fingerprint density at radius 1 is 1.11 bits per heavy atom. The molecule has 1 saturated heterocycles. The highest BCUT2D eigenvalue weighted by Gasteiger charge is 2.33. The van der Waals surface area contributed by atoms with Crippen molar-refractivity contribution in [2.24, 2.45) is 0 Å². The Bertz CT molecular complexity index is 1080. The molecular weight excluding hydrogens is 369 g/mol. The largest absolute Gasteiger partial charge is 0.345 e. The number of hydrogen-bond acceptors (Lipinski definition) is 4. The molecule has 1 fully saturated rings. The van der Waals surface area contributed by atoms with Gasteiger partial charge in [-0.3, -0.25) is 4.79 Å². The van der Waals surface area contributed by atoms with Crippen molar-refractivity contribution in [3.8, 4) is 0 Å². The number of fused-ring (bicyclic) bond motifs is 1. The summed E-state index contributed by atoms with van der Waals surface area (Å²) in [6.07, 6.45) is 2.29. The minimum Gasteiger partial charge on any atom is -0.345 e. The van der Waals surface area contributed by atoms with E-state index in [0.29, 0.717) is 31.5 Å². The van der Waals surface area contributed by atoms with Gasteiger partial charge in [-0.15, -0.1) is 0 Å². The van der Waals surface area contributed by atoms with E-state index in [9.17, 15) is 17.6 Å². The van der Waals surface area contributed by atoms with Crippen LogP contribution in [0.25, 0.3) is 11.0 Å². The molecule has 0 atom stereocenters. The normalized spacial score (nSPS) is 16.0. The fourth-order valence-corrected chi connectivity index (χ4v) is 5.17. The van der Waals surface area contributed by atoms with Crippen LogP contribution in [0.5, 0.6) is 0 Å². The third kappa shape index (κ3) is 3.32. The number of halogens is 1. The number of likely N-dealkylation sites (tertiary alicyclic amines) is 1. The number of sulfone groups is 1. The molecule has 27 heavy (non-hydrogen) atoms. The quantitative estimate of drug-likeness (QED) is 0.701. The lowest BCUT2D eigenvalue weighted by molar-refractivity contribution is 0.0726. The van der Waals surface area contributed by atoms with Crippen LogP contribution in [0.4, 0.5) is 4.39 Å². The molecular formula is C19H18FN3O3S. The molecule has 1 aliphatic heterocycles. The van der Waals surface area contributed by atoms with E-state index in [1.807, 2.05) is 0 Å². The molecule has 4 rings (SSSR count). The second-order valence-corrected chi connectivity index (χ2v) is 8.85. The first-order chi connectivity index (χ1) is 12.9. The van der Waals surface area contributed by atoms with Crippen molar-refractivity contribution < 1.29 is 17.6 Å². The summed E-state index contributed by atoms with van der Waals surface area (Å²) in [7, 11) is -3.53. The molecule has 1 N–H and O–H groups in total. The third-order valence-electron chi connectivity index (χ3n) is 4.98. The molecule has 8 heteroatoms. The van der Waals surface area contributed by atoms with Crippen molar-refractivity contribution in [1.82, 2.24) is 14.9 Å². The lowest BCUT2D eigenvalue weighted by Crippen LogP contribution is -2.42. The molecule has 2 aromatic carbocycles. The van der Waals surface area contributed by atoms with Gasteiger partial charge in [0.1, 0.15) is 5.82 Å². The van der Waals surface area contributed by atoms with Crippen LogP contribution >= 0.6 is 0 Å². The topological polar surface area (TPSA) is 83.1 Å². The molecule has 1 aromatic heterocycles. The molecule has 0 saturated carbocycles. The molecule has 0 unspecified atom stereocenters. The molecule has 0 spiro atoms. The van der Waals surface area contributed by atoms with Crippen LogP contribution < -0.4 is 0 Å². The number of nitrogens with one attached hydrogen (secondary N) is 1. The van der Waals surface area contributed by atoms with E-state index < -0.39 is 20.9 Å². The fraction of sp³-hybridized carbons (Fsp3) is 0.263. The number of aromatic amines is 1. The average molecular weight is 387 g/mol. The Balaban J connectivity index is 1.46. The van der Waals surface area contributed by atoms with Crippen LogP contribution in [-0.4, -0.2) is 47.5 Å². The highest BCUT2D eigenvalue weighted by Crippen LogP contribution is 2.26. The van der Waals surface area contributed by atoms with E-state index in [1.165, 1.54) is 12.1 Å². The summed E-state index contributed by atoms with van der Waals surface area (Å²) >= 11 is 0. The number of carbonyl (C=O) groups excluding carboxylic acids is 1. The standard InChI is InChI=1S/C19H18FN3O3S/c20-14-2-4-15(5-3-14)27(25,26)16-7-9-23(10-8-16)19(24)13-1-6-17-18(11-13)22-12-21-17/h1-6,11-12,16H,7-10H2,(H,21,22). The van der Waals surface area contributed by atoms with Crippen molar-refractivity contribution in [2.75, 3.05) is 13.1 Å². The Morgan fingerprint density at radius 3 is 2.52 bits per heavy atom. The lowest BCUT2D eigenvalue weighted by atomic mass is 10.1. The van der Waals surface area contributed by atoms with Gasteiger partial charge in [0.2, 0.25) is 0 Å². The smallest absolute Gasteiger partial charge is 0.253 e. The van der Waals surface area contributed by atoms with E-state index in [-0.39, 0.29) is 10.8 Å². The average Bonchev–Trinajstić information content (AvgIpc) is 3.15. The Kier molecular flexibility index (Phi) is 4.43. The number of imidazole rings is 1. The molecule has 1 amide bonds. The maximum absolute atomic E-state index is 13.1. The summed E-state index contributed by atoms with van der Waals surface area (Å²) in [6, 6.07) is 10.2. The summed E-state index contributed by atoms with van der Waals surface area (Å²) in [5.41, 5.74) is 2.12. The number of nitrogens with zero attached hydrogens (tertiary/aromatic N) is 2. The zero-order valence-corrected chi connectivity index (χ0v) is 15.2. The van der Waals surface area contributed by atoms with Gasteiger partial charge in [0.25, 0.3) is 5.91 Å². The zero-order chi connectivity index (χ0) is 19.0. The van der Waals surface area contributed by atoms with E-state index in [1.54, 1.807) is 29.4 Å². The van der Waals surface area contributed by atoms with Gasteiger partial charge in [-0.2, -0.15) is 0 Å². The Morgan fingerprint density at radius 2 is 1.81 bits per heavy atom. The van der Waals surface area contributed by atoms with Crippen molar-refractivity contribution >= 4 is 26.8 Å². The first kappa shape index (κ1) is 17.7. The van der Waals surface area contributed by atoms with Gasteiger partial charge < -0.3 is 9.88 Å². The summed E-state index contributed by atoms with van der Waals surface area (Å²) in [5, 5.41) is -0.568. The van der Waals surface area contributed by atoms with Gasteiger partial charge in [-0.25, -0.2) is 17.8 Å². The molecule has 0 bridgehead atoms. The maximum Gasteiger partial charge on any atom is 0.253 e. The number of piperidine rings is 1. The third-order valence-corrected chi connectivity index (χ3v) is 7.26. The number of hydrogen-bond donors (Lipinski definition) is 1. The number of H-pyrrole nitrogens is 1. The zero-order valence-electron chi connectivity index (χ0n) is 14.4. The molecule has 0 radical (unpaired) electrons. The van der Waals surface area contributed by atoms with Crippen LogP contribution in [0.3, 0.4) is 0 Å². The minimum absolute atomic E-state index is 0.121. The molecule has 2 heterocycles. The number of rotatable bonds is 3. The maximum atomic E-state index is 13.1. The fourth-order valence-electron chi connectivity index (χ4n) is 3.44. The van der Waals surface area contributed by atoms with Crippen LogP contribution in [0.15, 0.2) is 53.7 Å². The molecule has 1 aliphatic rings. The molecule has 140 valence electrons. The van der Waals surface area contributed by atoms with Gasteiger partial charge in [0.15, 0.2) is 9.84 Å². The number of amides is 1. The second kappa shape index (κ2) is 6.77. The monoisotopic (exact) mass is 387 g/mol. The van der Waals surface area contributed by atoms with Crippen molar-refractivity contribution in [3.05, 3.63) is 60.2 Å². The minimum atomic E-state index is -3.53. The summed E-state index contributed by atoms with van der Waals surface area (Å²) < 4.78 is 38.5. The van der Waals surface area contributed by atoms with Crippen LogP contribution in [0.1, 0.15) is 23.2 Å². The molecule has 3 aromatic rings. The highest BCUT2D eigenvalue weighted by atomic mass is 32.2. The highest BCUT2D eigenvalue weighted by molar-refractivity contribution is 7.92. The summed E-state index contributed by atoms with van der Waals surface area (Å²) in [5.74, 6) is -0.590. The number of benzene rings is 2. The molecule has 6 nitrogen and oxygen atoms in total. The van der Waals surface area contributed by atoms with E-state index in [4.69, 9.17) is 0 Å². The number of carbonyl (C=O) groups is 1. The predicted molar refractivity (Wildman–Crippen MR) is 98.6 cm³/mol. The molecule has 0 aliphatic carbocycles. The van der Waals surface area contributed by atoms with E-state index >= 15 is 0 Å². The summed E-state index contributed by atoms with van der Waals surface area (Å²) in [4.78, 5) is 21.6. The van der Waals surface area contributed by atoms with Gasteiger partial charge in [0, 0.05) is 18.7 Å². The van der Waals surface area contributed by atoms with Crippen molar-refractivity contribution in [2.45, 2.75) is 23.0 Å². The van der Waals surface area contributed by atoms with Crippen molar-refractivity contribution in [3.63, 3.8) is 0 Å². The summed E-state index contributed by atoms with van der Waals surface area (Å²) in [6.45, 7) is 0.732. The number of aromatic nitrogens is 2. The Hall–Kier alpha value is -2.74. The van der Waals surface area contributed by atoms with E-state index in [2.05, 4.69) is 9.97 Å². The van der Waals surface area contributed by atoms with Crippen LogP contribution in [0.2, 0.25) is 0 Å². The van der Waals surface area contributed by atoms with Gasteiger partial charge in [0.05, 0.1) is 27.5 Å².